The molecule has 2 N–H and O–H groups in total. The SMILES string of the molecule is CCOc1cccc([N+](=O)[O-])c1C(=O)NC(C)C(C)CO. The molecule has 0 radical (unpaired) electrons. The molecule has 0 aromatic heterocycles. The summed E-state index contributed by atoms with van der Waals surface area (Å²) < 4.78 is 5.30. The number of ether oxygens (including phenoxy) is 1. The van der Waals surface area contributed by atoms with E-state index in [1.54, 1.807) is 20.8 Å². The smallest absolute Gasteiger partial charge is 0.285 e. The van der Waals surface area contributed by atoms with E-state index in [1.165, 1.54) is 18.2 Å². The van der Waals surface area contributed by atoms with Gasteiger partial charge < -0.3 is 15.2 Å². The van der Waals surface area contributed by atoms with Crippen molar-refractivity contribution in [3.63, 3.8) is 0 Å². The molecule has 7 heteroatoms. The van der Waals surface area contributed by atoms with Gasteiger partial charge in [-0.05, 0) is 25.8 Å². The van der Waals surface area contributed by atoms with Gasteiger partial charge in [-0.3, -0.25) is 14.9 Å². The topological polar surface area (TPSA) is 102 Å². The molecule has 1 aromatic carbocycles. The Kier molecular flexibility index (Phi) is 6.10. The highest BCUT2D eigenvalue weighted by Crippen LogP contribution is 2.28. The first-order chi connectivity index (χ1) is 9.92. The number of aliphatic hydroxyl groups excluding tert-OH is 1. The van der Waals surface area contributed by atoms with Gasteiger partial charge in [-0.25, -0.2) is 0 Å². The van der Waals surface area contributed by atoms with Crippen LogP contribution >= 0.6 is 0 Å². The number of amides is 1. The number of hydrogen-bond acceptors (Lipinski definition) is 5. The number of hydrogen-bond donors (Lipinski definition) is 2. The Morgan fingerprint density at radius 3 is 2.67 bits per heavy atom. The maximum Gasteiger partial charge on any atom is 0.285 e. The van der Waals surface area contributed by atoms with Gasteiger partial charge in [0.25, 0.3) is 11.6 Å². The van der Waals surface area contributed by atoms with Crippen molar-refractivity contribution in [1.29, 1.82) is 0 Å². The van der Waals surface area contributed by atoms with Crippen LogP contribution in [0.4, 0.5) is 5.69 Å². The molecule has 116 valence electrons. The van der Waals surface area contributed by atoms with E-state index in [0.717, 1.165) is 0 Å². The zero-order valence-corrected chi connectivity index (χ0v) is 12.3. The van der Waals surface area contributed by atoms with E-state index < -0.39 is 10.8 Å². The molecule has 1 aromatic rings. The van der Waals surface area contributed by atoms with Gasteiger partial charge in [0.15, 0.2) is 5.56 Å². The summed E-state index contributed by atoms with van der Waals surface area (Å²) in [4.78, 5) is 22.8. The molecule has 1 rings (SSSR count). The number of carbonyl (C=O) groups excluding carboxylic acids is 1. The van der Waals surface area contributed by atoms with Crippen LogP contribution in [-0.2, 0) is 0 Å². The minimum atomic E-state index is -0.614. The zero-order chi connectivity index (χ0) is 16.0. The maximum atomic E-state index is 12.3. The van der Waals surface area contributed by atoms with Crippen LogP contribution in [0.25, 0.3) is 0 Å². The van der Waals surface area contributed by atoms with Crippen LogP contribution in [0.1, 0.15) is 31.1 Å². The first-order valence-electron chi connectivity index (χ1n) is 6.74. The van der Waals surface area contributed by atoms with Crippen molar-refractivity contribution < 1.29 is 19.6 Å². The van der Waals surface area contributed by atoms with Gasteiger partial charge in [0.1, 0.15) is 5.75 Å². The van der Waals surface area contributed by atoms with Crippen LogP contribution in [0, 0.1) is 16.0 Å². The number of nitrogens with zero attached hydrogens (tertiary/aromatic N) is 1. The zero-order valence-electron chi connectivity index (χ0n) is 12.3. The lowest BCUT2D eigenvalue weighted by Crippen LogP contribution is -2.38. The minimum Gasteiger partial charge on any atom is -0.493 e. The van der Waals surface area contributed by atoms with Crippen molar-refractivity contribution in [3.8, 4) is 5.75 Å². The van der Waals surface area contributed by atoms with Crippen LogP contribution in [0.3, 0.4) is 0 Å². The summed E-state index contributed by atoms with van der Waals surface area (Å²) in [6, 6.07) is 3.93. The molecule has 0 saturated carbocycles. The van der Waals surface area contributed by atoms with Gasteiger partial charge in [0.05, 0.1) is 11.5 Å². The van der Waals surface area contributed by atoms with Crippen molar-refractivity contribution in [2.75, 3.05) is 13.2 Å². The lowest BCUT2D eigenvalue weighted by Gasteiger charge is -2.20. The third-order valence-electron chi connectivity index (χ3n) is 3.23. The van der Waals surface area contributed by atoms with E-state index in [0.29, 0.717) is 6.61 Å². The third kappa shape index (κ3) is 4.16. The van der Waals surface area contributed by atoms with Crippen LogP contribution in [-0.4, -0.2) is 35.2 Å². The molecule has 0 heterocycles. The first kappa shape index (κ1) is 16.9. The number of nitrogens with one attached hydrogen (secondary N) is 1. The molecular formula is C14H20N2O5. The third-order valence-corrected chi connectivity index (χ3v) is 3.23. The highest BCUT2D eigenvalue weighted by molar-refractivity contribution is 6.01. The molecule has 0 aliphatic rings. The summed E-state index contributed by atoms with van der Waals surface area (Å²) in [6.07, 6.45) is 0. The summed E-state index contributed by atoms with van der Waals surface area (Å²) in [7, 11) is 0. The molecule has 21 heavy (non-hydrogen) atoms. The van der Waals surface area contributed by atoms with E-state index in [4.69, 9.17) is 9.84 Å². The fraction of sp³-hybridized carbons (Fsp3) is 0.500. The summed E-state index contributed by atoms with van der Waals surface area (Å²) in [5, 5.41) is 22.8. The monoisotopic (exact) mass is 296 g/mol. The summed E-state index contributed by atoms with van der Waals surface area (Å²) >= 11 is 0. The lowest BCUT2D eigenvalue weighted by molar-refractivity contribution is -0.385. The normalized spacial score (nSPS) is 13.3. The highest BCUT2D eigenvalue weighted by Gasteiger charge is 2.26. The first-order valence-corrected chi connectivity index (χ1v) is 6.74. The summed E-state index contributed by atoms with van der Waals surface area (Å²) in [5.41, 5.74) is -0.399. The van der Waals surface area contributed by atoms with E-state index in [2.05, 4.69) is 5.32 Å². The number of aliphatic hydroxyl groups is 1. The van der Waals surface area contributed by atoms with Crippen LogP contribution < -0.4 is 10.1 Å². The quantitative estimate of drug-likeness (QED) is 0.589. The summed E-state index contributed by atoms with van der Waals surface area (Å²) in [6.45, 7) is 5.44. The van der Waals surface area contributed by atoms with Crippen molar-refractivity contribution >= 4 is 11.6 Å². The number of benzene rings is 1. The fourth-order valence-corrected chi connectivity index (χ4v) is 1.76. The lowest BCUT2D eigenvalue weighted by atomic mass is 10.0. The van der Waals surface area contributed by atoms with Crippen LogP contribution in [0.15, 0.2) is 18.2 Å². The maximum absolute atomic E-state index is 12.3. The predicted octanol–water partition coefficient (Wildman–Crippen LogP) is 1.74. The average Bonchev–Trinajstić information content (AvgIpc) is 2.46. The molecule has 1 amide bonds. The van der Waals surface area contributed by atoms with Gasteiger partial charge in [-0.2, -0.15) is 0 Å². The Balaban J connectivity index is 3.13. The van der Waals surface area contributed by atoms with Gasteiger partial charge >= 0.3 is 0 Å². The molecular weight excluding hydrogens is 276 g/mol. The van der Waals surface area contributed by atoms with E-state index in [-0.39, 0.29) is 35.6 Å². The molecule has 0 saturated heterocycles. The predicted molar refractivity (Wildman–Crippen MR) is 77.4 cm³/mol. The Labute approximate surface area is 123 Å². The Morgan fingerprint density at radius 2 is 2.14 bits per heavy atom. The second kappa shape index (κ2) is 7.58. The minimum absolute atomic E-state index is 0.0867. The number of nitro benzene ring substituents is 1. The van der Waals surface area contributed by atoms with Gasteiger partial charge in [0.2, 0.25) is 0 Å². The Bertz CT molecular complexity index is 518. The standard InChI is InChI=1S/C14H20N2O5/c1-4-21-12-7-5-6-11(16(19)20)13(12)14(18)15-10(3)9(2)8-17/h5-7,9-10,17H,4,8H2,1-3H3,(H,15,18). The molecule has 7 nitrogen and oxygen atoms in total. The second-order valence-corrected chi connectivity index (χ2v) is 4.76. The molecule has 0 aliphatic heterocycles. The van der Waals surface area contributed by atoms with Gasteiger partial charge in [-0.15, -0.1) is 0 Å². The average molecular weight is 296 g/mol. The highest BCUT2D eigenvalue weighted by atomic mass is 16.6. The van der Waals surface area contributed by atoms with E-state index in [9.17, 15) is 14.9 Å². The molecule has 0 fully saturated rings. The van der Waals surface area contributed by atoms with Crippen LogP contribution in [0.2, 0.25) is 0 Å². The van der Waals surface area contributed by atoms with Gasteiger partial charge in [-0.1, -0.05) is 13.0 Å². The van der Waals surface area contributed by atoms with Crippen molar-refractivity contribution in [2.45, 2.75) is 26.8 Å². The Morgan fingerprint density at radius 1 is 1.48 bits per heavy atom. The Hall–Kier alpha value is -2.15. The molecule has 0 aliphatic carbocycles. The molecule has 0 spiro atoms. The van der Waals surface area contributed by atoms with Crippen molar-refractivity contribution in [3.05, 3.63) is 33.9 Å². The second-order valence-electron chi connectivity index (χ2n) is 4.76. The fourth-order valence-electron chi connectivity index (χ4n) is 1.76. The van der Waals surface area contributed by atoms with E-state index >= 15 is 0 Å². The number of carbonyl (C=O) groups is 1. The number of nitro groups is 1. The van der Waals surface area contributed by atoms with Crippen molar-refractivity contribution in [2.24, 2.45) is 5.92 Å². The number of rotatable bonds is 7. The van der Waals surface area contributed by atoms with E-state index in [1.807, 2.05) is 0 Å². The summed E-state index contributed by atoms with van der Waals surface area (Å²) in [5.74, 6) is -0.570. The molecule has 0 bridgehead atoms. The molecule has 2 atom stereocenters. The van der Waals surface area contributed by atoms with Crippen LogP contribution in [0.5, 0.6) is 5.75 Å². The van der Waals surface area contributed by atoms with Crippen molar-refractivity contribution in [1.82, 2.24) is 5.32 Å². The largest absolute Gasteiger partial charge is 0.493 e. The molecule has 2 unspecified atom stereocenters. The van der Waals surface area contributed by atoms with Gasteiger partial charge in [0, 0.05) is 18.7 Å².